The summed E-state index contributed by atoms with van der Waals surface area (Å²) in [4.78, 5) is 25.3. The Hall–Kier alpha value is -3.13. The lowest BCUT2D eigenvalue weighted by Crippen LogP contribution is -2.42. The minimum Gasteiger partial charge on any atom is -0.497 e. The summed E-state index contributed by atoms with van der Waals surface area (Å²) < 4.78 is 11.5. The number of aromatic nitrogens is 3. The van der Waals surface area contributed by atoms with E-state index in [1.165, 1.54) is 12.8 Å². The maximum Gasteiger partial charge on any atom is 0.255 e. The molecule has 0 spiro atoms. The SMILES string of the molecule is COc1ccc(OCC2CC2)c(-c2ncc3[nH]cc(C(=O)NC4CCNCC4)c3n2)c1. The second kappa shape index (κ2) is 8.55. The molecule has 3 N–H and O–H groups in total. The van der Waals surface area contributed by atoms with E-state index in [0.717, 1.165) is 42.8 Å². The van der Waals surface area contributed by atoms with E-state index in [1.807, 2.05) is 18.2 Å². The van der Waals surface area contributed by atoms with Crippen molar-refractivity contribution in [3.05, 3.63) is 36.2 Å². The largest absolute Gasteiger partial charge is 0.497 e. The van der Waals surface area contributed by atoms with Gasteiger partial charge in [0, 0.05) is 12.2 Å². The summed E-state index contributed by atoms with van der Waals surface area (Å²) in [7, 11) is 1.63. The van der Waals surface area contributed by atoms with Crippen LogP contribution in [0.1, 0.15) is 36.0 Å². The van der Waals surface area contributed by atoms with Gasteiger partial charge in [0.25, 0.3) is 5.91 Å². The highest BCUT2D eigenvalue weighted by Crippen LogP contribution is 2.35. The van der Waals surface area contributed by atoms with Gasteiger partial charge in [-0.15, -0.1) is 0 Å². The Morgan fingerprint density at radius 3 is 2.84 bits per heavy atom. The van der Waals surface area contributed by atoms with Gasteiger partial charge in [-0.2, -0.15) is 0 Å². The maximum atomic E-state index is 12.9. The van der Waals surface area contributed by atoms with Crippen molar-refractivity contribution < 1.29 is 14.3 Å². The first-order chi connectivity index (χ1) is 15.2. The fraction of sp³-hybridized carbons (Fsp3) is 0.435. The van der Waals surface area contributed by atoms with Gasteiger partial charge in [0.05, 0.1) is 36.6 Å². The lowest BCUT2D eigenvalue weighted by atomic mass is 10.1. The van der Waals surface area contributed by atoms with Gasteiger partial charge in [-0.25, -0.2) is 9.97 Å². The van der Waals surface area contributed by atoms with Crippen molar-refractivity contribution in [1.82, 2.24) is 25.6 Å². The molecule has 2 aromatic heterocycles. The third-order valence-corrected chi connectivity index (χ3v) is 5.93. The number of amides is 1. The smallest absolute Gasteiger partial charge is 0.255 e. The Morgan fingerprint density at radius 2 is 2.06 bits per heavy atom. The van der Waals surface area contributed by atoms with E-state index >= 15 is 0 Å². The molecule has 3 aromatic rings. The number of H-pyrrole nitrogens is 1. The summed E-state index contributed by atoms with van der Waals surface area (Å²) in [6, 6.07) is 5.83. The van der Waals surface area contributed by atoms with Crippen LogP contribution in [0.5, 0.6) is 11.5 Å². The molecule has 5 rings (SSSR count). The monoisotopic (exact) mass is 421 g/mol. The molecule has 2 fully saturated rings. The highest BCUT2D eigenvalue weighted by atomic mass is 16.5. The van der Waals surface area contributed by atoms with Crippen molar-refractivity contribution in [2.24, 2.45) is 5.92 Å². The molecule has 2 aliphatic rings. The number of fused-ring (bicyclic) bond motifs is 1. The fourth-order valence-electron chi connectivity index (χ4n) is 3.87. The molecule has 162 valence electrons. The number of methoxy groups -OCH3 is 1. The van der Waals surface area contributed by atoms with E-state index < -0.39 is 0 Å². The minimum absolute atomic E-state index is 0.112. The summed E-state index contributed by atoms with van der Waals surface area (Å²) >= 11 is 0. The Bertz CT molecular complexity index is 1090. The summed E-state index contributed by atoms with van der Waals surface area (Å²) in [5.74, 6) is 2.46. The van der Waals surface area contributed by atoms with Crippen molar-refractivity contribution >= 4 is 16.9 Å². The van der Waals surface area contributed by atoms with E-state index in [0.29, 0.717) is 35.2 Å². The number of ether oxygens (including phenoxy) is 2. The topological polar surface area (TPSA) is 101 Å². The van der Waals surface area contributed by atoms with Crippen molar-refractivity contribution in [2.45, 2.75) is 31.7 Å². The first kappa shape index (κ1) is 19.8. The van der Waals surface area contributed by atoms with Crippen LogP contribution < -0.4 is 20.1 Å². The number of aromatic amines is 1. The number of piperidine rings is 1. The number of hydrogen-bond acceptors (Lipinski definition) is 6. The van der Waals surface area contributed by atoms with Crippen LogP contribution in [0, 0.1) is 5.92 Å². The highest BCUT2D eigenvalue weighted by molar-refractivity contribution is 6.05. The molecule has 0 atom stereocenters. The number of rotatable bonds is 7. The van der Waals surface area contributed by atoms with E-state index in [4.69, 9.17) is 14.5 Å². The first-order valence-electron chi connectivity index (χ1n) is 10.9. The Morgan fingerprint density at radius 1 is 1.23 bits per heavy atom. The Kier molecular flexibility index (Phi) is 5.46. The standard InChI is InChI=1S/C23H27N5O3/c1-30-16-4-5-20(31-13-14-2-3-14)17(10-16)22-26-12-19-21(28-22)18(11-25-19)23(29)27-15-6-8-24-9-7-15/h4-5,10-12,14-15,24-25H,2-3,6-9,13H2,1H3,(H,27,29). The van der Waals surface area contributed by atoms with Gasteiger partial charge in [0.1, 0.15) is 17.0 Å². The van der Waals surface area contributed by atoms with Gasteiger partial charge < -0.3 is 25.1 Å². The summed E-state index contributed by atoms with van der Waals surface area (Å²) in [5, 5.41) is 6.45. The number of carbonyl (C=O) groups is 1. The highest BCUT2D eigenvalue weighted by Gasteiger charge is 2.24. The van der Waals surface area contributed by atoms with Crippen LogP contribution in [0.25, 0.3) is 22.4 Å². The average Bonchev–Trinajstić information content (AvgIpc) is 3.54. The zero-order chi connectivity index (χ0) is 21.2. The van der Waals surface area contributed by atoms with Crippen LogP contribution in [-0.4, -0.2) is 53.7 Å². The molecule has 8 nitrogen and oxygen atoms in total. The maximum absolute atomic E-state index is 12.9. The van der Waals surface area contributed by atoms with Crippen LogP contribution in [0.4, 0.5) is 0 Å². The van der Waals surface area contributed by atoms with E-state index in [1.54, 1.807) is 19.5 Å². The van der Waals surface area contributed by atoms with E-state index in [-0.39, 0.29) is 11.9 Å². The number of nitrogens with one attached hydrogen (secondary N) is 3. The third kappa shape index (κ3) is 4.34. The Balaban J connectivity index is 1.46. The van der Waals surface area contributed by atoms with Gasteiger partial charge in [0.2, 0.25) is 0 Å². The second-order valence-electron chi connectivity index (χ2n) is 8.27. The van der Waals surface area contributed by atoms with Crippen LogP contribution in [0.3, 0.4) is 0 Å². The van der Waals surface area contributed by atoms with E-state index in [2.05, 4.69) is 20.6 Å². The fourth-order valence-corrected chi connectivity index (χ4v) is 3.87. The first-order valence-corrected chi connectivity index (χ1v) is 10.9. The summed E-state index contributed by atoms with van der Waals surface area (Å²) in [6.45, 7) is 2.53. The lowest BCUT2D eigenvalue weighted by Gasteiger charge is -2.23. The molecule has 3 heterocycles. The van der Waals surface area contributed by atoms with Gasteiger partial charge in [-0.3, -0.25) is 4.79 Å². The van der Waals surface area contributed by atoms with Crippen molar-refractivity contribution in [2.75, 3.05) is 26.8 Å². The second-order valence-corrected chi connectivity index (χ2v) is 8.27. The molecule has 1 saturated heterocycles. The summed E-state index contributed by atoms with van der Waals surface area (Å²) in [6.07, 6.45) is 7.71. The normalized spacial score (nSPS) is 16.9. The van der Waals surface area contributed by atoms with E-state index in [9.17, 15) is 4.79 Å². The molecular formula is C23H27N5O3. The van der Waals surface area contributed by atoms with Crippen LogP contribution in [-0.2, 0) is 0 Å². The zero-order valence-electron chi connectivity index (χ0n) is 17.6. The number of carbonyl (C=O) groups excluding carboxylic acids is 1. The van der Waals surface area contributed by atoms with Gasteiger partial charge in [-0.1, -0.05) is 0 Å². The molecule has 31 heavy (non-hydrogen) atoms. The van der Waals surface area contributed by atoms with Crippen LogP contribution in [0.15, 0.2) is 30.6 Å². The van der Waals surface area contributed by atoms with Gasteiger partial charge in [0.15, 0.2) is 5.82 Å². The third-order valence-electron chi connectivity index (χ3n) is 5.93. The predicted molar refractivity (Wildman–Crippen MR) is 117 cm³/mol. The van der Waals surface area contributed by atoms with Crippen LogP contribution >= 0.6 is 0 Å². The molecule has 1 amide bonds. The molecule has 1 saturated carbocycles. The number of hydrogen-bond donors (Lipinski definition) is 3. The quantitative estimate of drug-likeness (QED) is 0.542. The Labute approximate surface area is 180 Å². The van der Waals surface area contributed by atoms with Gasteiger partial charge >= 0.3 is 0 Å². The lowest BCUT2D eigenvalue weighted by molar-refractivity contribution is 0.0931. The molecule has 1 aliphatic carbocycles. The molecular weight excluding hydrogens is 394 g/mol. The van der Waals surface area contributed by atoms with Crippen molar-refractivity contribution in [3.8, 4) is 22.9 Å². The van der Waals surface area contributed by atoms with Crippen molar-refractivity contribution in [3.63, 3.8) is 0 Å². The molecule has 0 bridgehead atoms. The molecule has 1 aromatic carbocycles. The number of nitrogens with zero attached hydrogens (tertiary/aromatic N) is 2. The average molecular weight is 422 g/mol. The number of benzene rings is 1. The zero-order valence-corrected chi connectivity index (χ0v) is 17.6. The molecule has 1 aliphatic heterocycles. The molecule has 0 radical (unpaired) electrons. The minimum atomic E-state index is -0.112. The molecule has 0 unspecified atom stereocenters. The van der Waals surface area contributed by atoms with Gasteiger partial charge in [-0.05, 0) is 62.9 Å². The van der Waals surface area contributed by atoms with Crippen LogP contribution in [0.2, 0.25) is 0 Å². The predicted octanol–water partition coefficient (Wildman–Crippen LogP) is 2.90. The molecule has 8 heteroatoms. The van der Waals surface area contributed by atoms with Crippen molar-refractivity contribution in [1.29, 1.82) is 0 Å². The summed E-state index contributed by atoms with van der Waals surface area (Å²) in [5.41, 5.74) is 2.61.